The Kier molecular flexibility index (Phi) is 220. The van der Waals surface area contributed by atoms with Crippen molar-refractivity contribution < 1.29 is 51.8 Å². The SMILES string of the molecule is [Cr].[Cr].[Fe].[Si]. The van der Waals surface area contributed by atoms with Crippen molar-refractivity contribution in [2.75, 3.05) is 0 Å². The molecule has 4 heavy (non-hydrogen) atoms. The first-order valence-corrected chi connectivity index (χ1v) is 0. The Morgan fingerprint density at radius 1 is 0.750 bits per heavy atom. The molecule has 0 nitrogen and oxygen atoms in total. The molecule has 0 saturated carbocycles. The van der Waals surface area contributed by atoms with E-state index in [4.69, 9.17) is 0 Å². The molecular formula is Cr2FeSi. The molecule has 0 heterocycles. The van der Waals surface area contributed by atoms with E-state index in [0.29, 0.717) is 0 Å². The molecule has 0 atom stereocenters. The van der Waals surface area contributed by atoms with E-state index in [1.54, 1.807) is 0 Å². The van der Waals surface area contributed by atoms with Crippen molar-refractivity contribution >= 4 is 11.0 Å². The molecule has 0 bridgehead atoms. The molecule has 0 rings (SSSR count). The largest absolute Gasteiger partial charge is 0 e. The maximum absolute atomic E-state index is 0. The quantitative estimate of drug-likeness (QED) is 0.454. The Hall–Kier alpha value is 1.80. The third-order valence-electron chi connectivity index (χ3n) is 0. The summed E-state index contributed by atoms with van der Waals surface area (Å²) in [5, 5.41) is 0. The molecule has 0 aromatic carbocycles. The summed E-state index contributed by atoms with van der Waals surface area (Å²) in [6.07, 6.45) is 0. The van der Waals surface area contributed by atoms with Crippen molar-refractivity contribution in [1.82, 2.24) is 0 Å². The standard InChI is InChI=1S/2Cr.Fe.Si. The van der Waals surface area contributed by atoms with Crippen LogP contribution in [-0.2, 0) is 51.8 Å². The van der Waals surface area contributed by atoms with Gasteiger partial charge in [0.25, 0.3) is 0 Å². The van der Waals surface area contributed by atoms with E-state index in [0.717, 1.165) is 0 Å². The first-order chi connectivity index (χ1) is 0. The molecule has 0 aliphatic heterocycles. The predicted molar refractivity (Wildman–Crippen MR) is 5.75 cm³/mol. The van der Waals surface area contributed by atoms with Crippen LogP contribution in [0.2, 0.25) is 0 Å². The van der Waals surface area contributed by atoms with Crippen molar-refractivity contribution in [3.63, 3.8) is 0 Å². The van der Waals surface area contributed by atoms with Crippen LogP contribution in [0.25, 0.3) is 0 Å². The fraction of sp³-hybridized carbons (Fsp3) is 0. The Morgan fingerprint density at radius 2 is 0.750 bits per heavy atom. The number of hydrogen-bond acceptors (Lipinski definition) is 0. The monoisotopic (exact) mass is 188 g/mol. The minimum absolute atomic E-state index is 0. The fourth-order valence-electron chi connectivity index (χ4n) is 0. The normalized spacial score (nSPS) is 0. The van der Waals surface area contributed by atoms with Crippen LogP contribution in [0.4, 0.5) is 0 Å². The van der Waals surface area contributed by atoms with Gasteiger partial charge in [0.2, 0.25) is 0 Å². The van der Waals surface area contributed by atoms with Crippen molar-refractivity contribution in [2.45, 2.75) is 0 Å². The van der Waals surface area contributed by atoms with Crippen LogP contribution in [0, 0.1) is 0 Å². The van der Waals surface area contributed by atoms with Gasteiger partial charge in [0.05, 0.1) is 0 Å². The molecule has 0 aliphatic carbocycles. The third-order valence-corrected chi connectivity index (χ3v) is 0. The summed E-state index contributed by atoms with van der Waals surface area (Å²) in [6, 6.07) is 0. The van der Waals surface area contributed by atoms with Gasteiger partial charge >= 0.3 is 0 Å². The molecule has 0 unspecified atom stereocenters. The van der Waals surface area contributed by atoms with E-state index in [1.165, 1.54) is 0 Å². The Balaban J connectivity index is 0. The third kappa shape index (κ3) is 9.19. The fourth-order valence-corrected chi connectivity index (χ4v) is 0. The Morgan fingerprint density at radius 3 is 0.750 bits per heavy atom. The summed E-state index contributed by atoms with van der Waals surface area (Å²) in [6.45, 7) is 0. The molecule has 0 spiro atoms. The van der Waals surface area contributed by atoms with Gasteiger partial charge in [0, 0.05) is 62.8 Å². The zero-order chi connectivity index (χ0) is 0. The van der Waals surface area contributed by atoms with Crippen LogP contribution in [0.15, 0.2) is 0 Å². The predicted octanol–water partition coefficient (Wildman–Crippen LogP) is -0.388. The van der Waals surface area contributed by atoms with Crippen LogP contribution >= 0.6 is 0 Å². The van der Waals surface area contributed by atoms with Gasteiger partial charge < -0.3 is 0 Å². The average Bonchev–Trinajstić information content (AvgIpc) is 0. The maximum atomic E-state index is 0. The molecule has 0 fully saturated rings. The first kappa shape index (κ1) is 41.2. The average molecular weight is 188 g/mol. The van der Waals surface area contributed by atoms with Gasteiger partial charge in [-0.05, 0) is 0 Å². The van der Waals surface area contributed by atoms with Crippen LogP contribution in [-0.4, -0.2) is 11.0 Å². The van der Waals surface area contributed by atoms with Crippen LogP contribution in [0.1, 0.15) is 0 Å². The minimum Gasteiger partial charge on any atom is 0 e. The smallest absolute Gasteiger partial charge is 0 e. The maximum Gasteiger partial charge on any atom is 0 e. The van der Waals surface area contributed by atoms with Crippen molar-refractivity contribution in [1.29, 1.82) is 0 Å². The van der Waals surface area contributed by atoms with E-state index >= 15 is 0 Å². The molecule has 4 heteroatoms. The van der Waals surface area contributed by atoms with Crippen LogP contribution < -0.4 is 0 Å². The summed E-state index contributed by atoms with van der Waals surface area (Å²) >= 11 is 0. The molecule has 0 saturated heterocycles. The van der Waals surface area contributed by atoms with E-state index in [-0.39, 0.29) is 62.8 Å². The molecule has 0 aromatic heterocycles. The second kappa shape index (κ2) is 21.4. The second-order valence-electron chi connectivity index (χ2n) is 0. The molecule has 0 aliphatic rings. The summed E-state index contributed by atoms with van der Waals surface area (Å²) in [5.74, 6) is 0. The molecule has 4 radical (unpaired) electrons. The van der Waals surface area contributed by atoms with E-state index in [9.17, 15) is 0 Å². The van der Waals surface area contributed by atoms with Crippen molar-refractivity contribution in [2.24, 2.45) is 0 Å². The van der Waals surface area contributed by atoms with Gasteiger partial charge in [-0.2, -0.15) is 0 Å². The second-order valence-corrected chi connectivity index (χ2v) is 0. The number of rotatable bonds is 0. The van der Waals surface area contributed by atoms with Gasteiger partial charge in [-0.3, -0.25) is 0 Å². The summed E-state index contributed by atoms with van der Waals surface area (Å²) in [4.78, 5) is 0. The van der Waals surface area contributed by atoms with Crippen LogP contribution in [0.5, 0.6) is 0 Å². The van der Waals surface area contributed by atoms with E-state index in [1.807, 2.05) is 0 Å². The Labute approximate surface area is 62.5 Å². The van der Waals surface area contributed by atoms with E-state index in [2.05, 4.69) is 0 Å². The molecule has 0 aromatic rings. The molecule has 24 valence electrons. The number of hydrogen-bond donors (Lipinski definition) is 0. The van der Waals surface area contributed by atoms with Gasteiger partial charge in [-0.1, -0.05) is 0 Å². The zero-order valence-electron chi connectivity index (χ0n) is 1.67. The molecular weight excluding hydrogens is 188 g/mol. The van der Waals surface area contributed by atoms with Crippen LogP contribution in [0.3, 0.4) is 0 Å². The summed E-state index contributed by atoms with van der Waals surface area (Å²) in [5.41, 5.74) is 0. The molecule has 0 N–H and O–H groups in total. The van der Waals surface area contributed by atoms with Gasteiger partial charge in [0.1, 0.15) is 0 Å². The topological polar surface area (TPSA) is 0 Å². The minimum atomic E-state index is 0. The van der Waals surface area contributed by atoms with E-state index < -0.39 is 0 Å². The van der Waals surface area contributed by atoms with Gasteiger partial charge in [-0.15, -0.1) is 0 Å². The van der Waals surface area contributed by atoms with Gasteiger partial charge in [0.15, 0.2) is 0 Å². The van der Waals surface area contributed by atoms with Gasteiger partial charge in [-0.25, -0.2) is 0 Å². The molecule has 0 amide bonds. The van der Waals surface area contributed by atoms with Crippen molar-refractivity contribution in [3.8, 4) is 0 Å². The summed E-state index contributed by atoms with van der Waals surface area (Å²) in [7, 11) is 0. The van der Waals surface area contributed by atoms with Crippen molar-refractivity contribution in [3.05, 3.63) is 0 Å². The zero-order valence-corrected chi connectivity index (χ0v) is 6.32. The first-order valence-electron chi connectivity index (χ1n) is 0. The summed E-state index contributed by atoms with van der Waals surface area (Å²) < 4.78 is 0. The Bertz CT molecular complexity index is 6.00.